The molecular weight excluding hydrogens is 479 g/mol. The van der Waals surface area contributed by atoms with Gasteiger partial charge in [-0.15, -0.1) is 0 Å². The number of likely N-dealkylation sites (tertiary alicyclic amines) is 1. The van der Waals surface area contributed by atoms with E-state index in [2.05, 4.69) is 30.2 Å². The van der Waals surface area contributed by atoms with Crippen molar-refractivity contribution >= 4 is 46.1 Å². The van der Waals surface area contributed by atoms with Crippen molar-refractivity contribution < 1.29 is 18.8 Å². The second-order valence-electron chi connectivity index (χ2n) is 8.94. The smallest absolute Gasteiger partial charge is 0.286 e. The first-order valence-corrected chi connectivity index (χ1v) is 11.7. The molecule has 1 atom stereocenters. The molecule has 11 nitrogen and oxygen atoms in total. The second-order valence-corrected chi connectivity index (χ2v) is 8.94. The summed E-state index contributed by atoms with van der Waals surface area (Å²) >= 11 is 0. The minimum Gasteiger partial charge on any atom is -0.364 e. The summed E-state index contributed by atoms with van der Waals surface area (Å²) in [6.45, 7) is 1.48. The van der Waals surface area contributed by atoms with Gasteiger partial charge in [-0.1, -0.05) is 18.2 Å². The third-order valence-electron chi connectivity index (χ3n) is 6.35. The van der Waals surface area contributed by atoms with E-state index in [0.717, 1.165) is 24.2 Å². The number of nitrogens with zero attached hydrogens (tertiary/aromatic N) is 4. The van der Waals surface area contributed by atoms with Crippen LogP contribution < -0.4 is 16.0 Å². The molecule has 0 aliphatic carbocycles. The summed E-state index contributed by atoms with van der Waals surface area (Å²) in [6, 6.07) is 11.4. The molecular formula is C25H25FN8O3. The summed E-state index contributed by atoms with van der Waals surface area (Å²) in [7, 11) is 1.94. The molecule has 0 radical (unpaired) electrons. The average Bonchev–Trinajstić information content (AvgIpc) is 3.54. The fraction of sp³-hybridized carbons (Fsp3) is 0.240. The number of nitrogens with one attached hydrogen (secondary N) is 3. The summed E-state index contributed by atoms with van der Waals surface area (Å²) in [5.74, 6) is -3.16. The zero-order valence-corrected chi connectivity index (χ0v) is 20.0. The topological polar surface area (TPSA) is 153 Å². The quantitative estimate of drug-likeness (QED) is 0.317. The first-order chi connectivity index (χ1) is 17.8. The third-order valence-corrected chi connectivity index (χ3v) is 6.35. The Labute approximate surface area is 210 Å². The lowest BCUT2D eigenvalue weighted by atomic mass is 9.97. The summed E-state index contributed by atoms with van der Waals surface area (Å²) in [4.78, 5) is 55.4. The molecule has 4 aromatic rings. The predicted molar refractivity (Wildman–Crippen MR) is 135 cm³/mol. The van der Waals surface area contributed by atoms with E-state index in [0.29, 0.717) is 24.0 Å². The van der Waals surface area contributed by atoms with Crippen LogP contribution in [0.2, 0.25) is 0 Å². The van der Waals surface area contributed by atoms with Crippen LogP contribution in [-0.4, -0.2) is 62.7 Å². The average molecular weight is 505 g/mol. The number of H-pyrrole nitrogens is 2. The number of amides is 3. The van der Waals surface area contributed by atoms with Gasteiger partial charge in [0.15, 0.2) is 11.5 Å². The maximum absolute atomic E-state index is 15.9. The third kappa shape index (κ3) is 4.66. The van der Waals surface area contributed by atoms with Crippen LogP contribution in [0.4, 0.5) is 21.7 Å². The monoisotopic (exact) mass is 504 g/mol. The highest BCUT2D eigenvalue weighted by Gasteiger charge is 2.32. The van der Waals surface area contributed by atoms with Gasteiger partial charge >= 0.3 is 0 Å². The molecule has 0 bridgehead atoms. The Morgan fingerprint density at radius 3 is 2.76 bits per heavy atom. The van der Waals surface area contributed by atoms with Gasteiger partial charge in [-0.05, 0) is 50.7 Å². The van der Waals surface area contributed by atoms with E-state index >= 15 is 4.39 Å². The molecule has 1 fully saturated rings. The van der Waals surface area contributed by atoms with Crippen LogP contribution in [0.3, 0.4) is 0 Å². The largest absolute Gasteiger partial charge is 0.364 e. The van der Waals surface area contributed by atoms with Gasteiger partial charge in [0.25, 0.3) is 11.8 Å². The Morgan fingerprint density at radius 1 is 1.19 bits per heavy atom. The van der Waals surface area contributed by atoms with E-state index in [9.17, 15) is 14.4 Å². The van der Waals surface area contributed by atoms with Crippen LogP contribution in [0, 0.1) is 11.7 Å². The van der Waals surface area contributed by atoms with Crippen LogP contribution in [0.25, 0.3) is 11.0 Å². The Bertz CT molecular complexity index is 1460. The SMILES string of the molecule is CN1CCCC(C(=O)Nc2cccc(N(C(=O)c3nc[nH]c3C(N)=O)c3nc4ccccc4[nH]3)c2F)C1. The van der Waals surface area contributed by atoms with Crippen LogP contribution in [0.5, 0.6) is 0 Å². The van der Waals surface area contributed by atoms with Crippen LogP contribution in [0.1, 0.15) is 33.8 Å². The molecule has 1 saturated heterocycles. The van der Waals surface area contributed by atoms with E-state index in [4.69, 9.17) is 5.73 Å². The van der Waals surface area contributed by atoms with Gasteiger partial charge in [0, 0.05) is 6.54 Å². The van der Waals surface area contributed by atoms with Crippen molar-refractivity contribution in [3.63, 3.8) is 0 Å². The number of piperidine rings is 1. The van der Waals surface area contributed by atoms with E-state index in [-0.39, 0.29) is 40.5 Å². The molecule has 2 aromatic heterocycles. The first-order valence-electron chi connectivity index (χ1n) is 11.7. The van der Waals surface area contributed by atoms with Gasteiger partial charge < -0.3 is 25.9 Å². The number of nitrogens with two attached hydrogens (primary N) is 1. The summed E-state index contributed by atoms with van der Waals surface area (Å²) in [5, 5.41) is 2.67. The number of primary amides is 1. The molecule has 5 rings (SSSR count). The Hall–Kier alpha value is -4.58. The maximum Gasteiger partial charge on any atom is 0.286 e. The van der Waals surface area contributed by atoms with E-state index in [1.54, 1.807) is 24.3 Å². The lowest BCUT2D eigenvalue weighted by Crippen LogP contribution is -2.38. The number of carbonyl (C=O) groups is 3. The molecule has 1 unspecified atom stereocenters. The fourth-order valence-electron chi connectivity index (χ4n) is 4.52. The second kappa shape index (κ2) is 9.82. The zero-order chi connectivity index (χ0) is 26.1. The van der Waals surface area contributed by atoms with Crippen LogP contribution in [0.15, 0.2) is 48.8 Å². The van der Waals surface area contributed by atoms with E-state index in [1.165, 1.54) is 18.2 Å². The number of hydrogen-bond acceptors (Lipinski definition) is 6. The molecule has 1 aliphatic heterocycles. The van der Waals surface area contributed by atoms with E-state index < -0.39 is 17.6 Å². The van der Waals surface area contributed by atoms with Crippen LogP contribution >= 0.6 is 0 Å². The lowest BCUT2D eigenvalue weighted by molar-refractivity contribution is -0.121. The minimum absolute atomic E-state index is 0.000835. The molecule has 190 valence electrons. The lowest BCUT2D eigenvalue weighted by Gasteiger charge is -2.29. The number of benzene rings is 2. The van der Waals surface area contributed by atoms with Gasteiger partial charge in [-0.25, -0.2) is 19.3 Å². The van der Waals surface area contributed by atoms with Crippen molar-refractivity contribution in [3.05, 3.63) is 66.0 Å². The standard InChI is InChI=1S/C25H25FN8O3/c1-33-11-5-6-14(12-33)23(36)30-17-9-4-10-18(19(17)26)34(24(37)21-20(22(27)35)28-13-29-21)25-31-15-7-2-3-8-16(15)32-25/h2-4,7-10,13-14H,5-6,11-12H2,1H3,(H2,27,35)(H,28,29)(H,30,36)(H,31,32). The fourth-order valence-corrected chi connectivity index (χ4v) is 4.52. The molecule has 12 heteroatoms. The summed E-state index contributed by atoms with van der Waals surface area (Å²) in [5.41, 5.74) is 5.75. The highest BCUT2D eigenvalue weighted by Crippen LogP contribution is 2.33. The maximum atomic E-state index is 15.9. The van der Waals surface area contributed by atoms with Gasteiger partial charge in [-0.3, -0.25) is 14.4 Å². The van der Waals surface area contributed by atoms with Gasteiger partial charge in [-0.2, -0.15) is 0 Å². The number of aromatic amines is 2. The number of para-hydroxylation sites is 2. The zero-order valence-electron chi connectivity index (χ0n) is 20.0. The Balaban J connectivity index is 1.56. The van der Waals surface area contributed by atoms with Gasteiger partial charge in [0.05, 0.1) is 34.7 Å². The molecule has 0 saturated carbocycles. The van der Waals surface area contributed by atoms with Crippen molar-refractivity contribution in [2.24, 2.45) is 11.7 Å². The van der Waals surface area contributed by atoms with Crippen molar-refractivity contribution in [2.45, 2.75) is 12.8 Å². The minimum atomic E-state index is -0.899. The number of carbonyl (C=O) groups excluding carboxylic acids is 3. The highest BCUT2D eigenvalue weighted by molar-refractivity contribution is 6.14. The van der Waals surface area contributed by atoms with Crippen LogP contribution in [-0.2, 0) is 4.79 Å². The van der Waals surface area contributed by atoms with Gasteiger partial charge in [0.1, 0.15) is 5.69 Å². The number of hydrogen-bond donors (Lipinski definition) is 4. The first kappa shape index (κ1) is 24.1. The normalized spacial score (nSPS) is 16.0. The number of anilines is 3. The van der Waals surface area contributed by atoms with E-state index in [1.807, 2.05) is 7.05 Å². The molecule has 3 amide bonds. The molecule has 37 heavy (non-hydrogen) atoms. The summed E-state index contributed by atoms with van der Waals surface area (Å²) < 4.78 is 15.9. The van der Waals surface area contributed by atoms with Crippen molar-refractivity contribution in [1.29, 1.82) is 0 Å². The van der Waals surface area contributed by atoms with Gasteiger partial charge in [0.2, 0.25) is 11.9 Å². The number of aromatic nitrogens is 4. The summed E-state index contributed by atoms with van der Waals surface area (Å²) in [6.07, 6.45) is 2.73. The number of fused-ring (bicyclic) bond motifs is 1. The molecule has 5 N–H and O–H groups in total. The predicted octanol–water partition coefficient (Wildman–Crippen LogP) is 2.78. The van der Waals surface area contributed by atoms with Crippen molar-refractivity contribution in [2.75, 3.05) is 30.4 Å². The number of rotatable bonds is 6. The van der Waals surface area contributed by atoms with Crippen molar-refractivity contribution in [1.82, 2.24) is 24.8 Å². The van der Waals surface area contributed by atoms with Crippen molar-refractivity contribution in [3.8, 4) is 0 Å². The number of halogens is 1. The molecule has 3 heterocycles. The molecule has 1 aliphatic rings. The Kier molecular flexibility index (Phi) is 6.40. The Morgan fingerprint density at radius 2 is 2.00 bits per heavy atom. The molecule has 0 spiro atoms. The highest BCUT2D eigenvalue weighted by atomic mass is 19.1. The molecule has 2 aromatic carbocycles. The number of imidazole rings is 2.